The minimum atomic E-state index is 0.0786. The molecule has 0 radical (unpaired) electrons. The summed E-state index contributed by atoms with van der Waals surface area (Å²) in [4.78, 5) is 0. The maximum Gasteiger partial charge on any atom is 0.120 e. The van der Waals surface area contributed by atoms with Crippen molar-refractivity contribution in [2.24, 2.45) is 5.73 Å². The Bertz CT molecular complexity index is 329. The second-order valence-electron chi connectivity index (χ2n) is 4.74. The minimum absolute atomic E-state index is 0.0786. The quantitative estimate of drug-likeness (QED) is 0.845. The van der Waals surface area contributed by atoms with E-state index < -0.39 is 0 Å². The van der Waals surface area contributed by atoms with Crippen LogP contribution in [0.3, 0.4) is 0 Å². The normalized spacial score (nSPS) is 19.4. The lowest BCUT2D eigenvalue weighted by atomic mass is 9.98. The molecule has 2 nitrogen and oxygen atoms in total. The molecule has 1 aliphatic carbocycles. The second kappa shape index (κ2) is 5.35. The van der Waals surface area contributed by atoms with E-state index >= 15 is 0 Å². The third kappa shape index (κ3) is 2.99. The molecule has 88 valence electrons. The molecule has 0 heterocycles. The maximum atomic E-state index is 5.99. The zero-order valence-corrected chi connectivity index (χ0v) is 9.99. The van der Waals surface area contributed by atoms with Crippen molar-refractivity contribution in [3.8, 4) is 5.75 Å². The highest BCUT2D eigenvalue weighted by atomic mass is 16.5. The summed E-state index contributed by atoms with van der Waals surface area (Å²) in [6.07, 6.45) is 6.77. The van der Waals surface area contributed by atoms with E-state index in [1.807, 2.05) is 19.1 Å². The van der Waals surface area contributed by atoms with Gasteiger partial charge in [0.25, 0.3) is 0 Å². The Balaban J connectivity index is 2.00. The van der Waals surface area contributed by atoms with Gasteiger partial charge in [-0.25, -0.2) is 0 Å². The van der Waals surface area contributed by atoms with E-state index in [0.29, 0.717) is 6.10 Å². The highest BCUT2D eigenvalue weighted by molar-refractivity contribution is 5.30. The lowest BCUT2D eigenvalue weighted by Crippen LogP contribution is -2.19. The minimum Gasteiger partial charge on any atom is -0.490 e. The van der Waals surface area contributed by atoms with E-state index in [9.17, 15) is 0 Å². The van der Waals surface area contributed by atoms with Gasteiger partial charge in [-0.2, -0.15) is 0 Å². The van der Waals surface area contributed by atoms with E-state index in [1.54, 1.807) is 0 Å². The number of hydrogen-bond donors (Lipinski definition) is 1. The van der Waals surface area contributed by atoms with Crippen LogP contribution in [0.15, 0.2) is 24.3 Å². The molecule has 1 aliphatic rings. The van der Waals surface area contributed by atoms with Crippen LogP contribution in [0.25, 0.3) is 0 Å². The van der Waals surface area contributed by atoms with Gasteiger partial charge in [0.2, 0.25) is 0 Å². The number of ether oxygens (including phenoxy) is 1. The Labute approximate surface area is 97.8 Å². The van der Waals surface area contributed by atoms with Gasteiger partial charge in [0.15, 0.2) is 0 Å². The summed E-state index contributed by atoms with van der Waals surface area (Å²) in [6, 6.07) is 8.25. The molecule has 0 aliphatic heterocycles. The summed E-state index contributed by atoms with van der Waals surface area (Å²) in [6.45, 7) is 2.00. The zero-order valence-electron chi connectivity index (χ0n) is 9.99. The fourth-order valence-corrected chi connectivity index (χ4v) is 2.25. The molecule has 1 fully saturated rings. The average molecular weight is 219 g/mol. The summed E-state index contributed by atoms with van der Waals surface area (Å²) in [7, 11) is 0. The van der Waals surface area contributed by atoms with Crippen LogP contribution < -0.4 is 10.5 Å². The monoisotopic (exact) mass is 219 g/mol. The molecular formula is C14H21NO. The van der Waals surface area contributed by atoms with Gasteiger partial charge in [-0.15, -0.1) is 0 Å². The van der Waals surface area contributed by atoms with Gasteiger partial charge in [0.1, 0.15) is 5.75 Å². The molecule has 1 aromatic carbocycles. The van der Waals surface area contributed by atoms with Gasteiger partial charge in [-0.3, -0.25) is 0 Å². The van der Waals surface area contributed by atoms with Crippen LogP contribution in [-0.2, 0) is 0 Å². The predicted octanol–water partition coefficient (Wildman–Crippen LogP) is 3.42. The summed E-state index contributed by atoms with van der Waals surface area (Å²) < 4.78 is 5.99. The van der Waals surface area contributed by atoms with Crippen LogP contribution in [0.1, 0.15) is 50.6 Å². The Hall–Kier alpha value is -1.02. The molecular weight excluding hydrogens is 198 g/mol. The maximum absolute atomic E-state index is 5.99. The summed E-state index contributed by atoms with van der Waals surface area (Å²) >= 11 is 0. The number of hydrogen-bond acceptors (Lipinski definition) is 2. The predicted molar refractivity (Wildman–Crippen MR) is 66.5 cm³/mol. The lowest BCUT2D eigenvalue weighted by molar-refractivity contribution is 0.155. The zero-order chi connectivity index (χ0) is 11.4. The molecule has 2 rings (SSSR count). The highest BCUT2D eigenvalue weighted by Gasteiger charge is 2.14. The van der Waals surface area contributed by atoms with Crippen molar-refractivity contribution in [3.63, 3.8) is 0 Å². The molecule has 0 aromatic heterocycles. The van der Waals surface area contributed by atoms with Gasteiger partial charge in [0.05, 0.1) is 6.10 Å². The SMILES string of the molecule is C[C@H](N)c1cccc(OC2CCCCC2)c1. The second-order valence-corrected chi connectivity index (χ2v) is 4.74. The van der Waals surface area contributed by atoms with Crippen LogP contribution in [0.2, 0.25) is 0 Å². The largest absolute Gasteiger partial charge is 0.490 e. The molecule has 0 spiro atoms. The van der Waals surface area contributed by atoms with E-state index in [-0.39, 0.29) is 6.04 Å². The molecule has 1 aromatic rings. The smallest absolute Gasteiger partial charge is 0.120 e. The van der Waals surface area contributed by atoms with Crippen molar-refractivity contribution < 1.29 is 4.74 Å². The first-order valence-corrected chi connectivity index (χ1v) is 6.28. The third-order valence-corrected chi connectivity index (χ3v) is 3.24. The average Bonchev–Trinajstić information content (AvgIpc) is 2.30. The van der Waals surface area contributed by atoms with Crippen molar-refractivity contribution >= 4 is 0 Å². The standard InChI is InChI=1S/C14H21NO/c1-11(15)12-6-5-9-14(10-12)16-13-7-3-2-4-8-13/h5-6,9-11,13H,2-4,7-8,15H2,1H3/t11-/m0/s1. The molecule has 0 unspecified atom stereocenters. The summed E-state index contributed by atoms with van der Waals surface area (Å²) in [5.74, 6) is 0.974. The molecule has 2 N–H and O–H groups in total. The first-order chi connectivity index (χ1) is 7.75. The van der Waals surface area contributed by atoms with E-state index in [0.717, 1.165) is 11.3 Å². The molecule has 0 bridgehead atoms. The van der Waals surface area contributed by atoms with Gasteiger partial charge in [-0.05, 0) is 50.3 Å². The first kappa shape index (κ1) is 11.5. The van der Waals surface area contributed by atoms with E-state index in [4.69, 9.17) is 10.5 Å². The van der Waals surface area contributed by atoms with Crippen LogP contribution in [0.5, 0.6) is 5.75 Å². The van der Waals surface area contributed by atoms with Gasteiger partial charge in [-0.1, -0.05) is 18.6 Å². The molecule has 1 atom stereocenters. The van der Waals surface area contributed by atoms with Crippen molar-refractivity contribution in [3.05, 3.63) is 29.8 Å². The van der Waals surface area contributed by atoms with Crippen molar-refractivity contribution in [2.75, 3.05) is 0 Å². The molecule has 2 heteroatoms. The van der Waals surface area contributed by atoms with E-state index in [1.165, 1.54) is 32.1 Å². The fourth-order valence-electron chi connectivity index (χ4n) is 2.25. The third-order valence-electron chi connectivity index (χ3n) is 3.24. The Morgan fingerprint density at radius 3 is 2.69 bits per heavy atom. The molecule has 0 saturated heterocycles. The van der Waals surface area contributed by atoms with Crippen LogP contribution in [-0.4, -0.2) is 6.10 Å². The van der Waals surface area contributed by atoms with Crippen molar-refractivity contribution in [2.45, 2.75) is 51.2 Å². The topological polar surface area (TPSA) is 35.2 Å². The van der Waals surface area contributed by atoms with E-state index in [2.05, 4.69) is 12.1 Å². The fraction of sp³-hybridized carbons (Fsp3) is 0.571. The molecule has 16 heavy (non-hydrogen) atoms. The Morgan fingerprint density at radius 2 is 2.00 bits per heavy atom. The van der Waals surface area contributed by atoms with Crippen molar-refractivity contribution in [1.29, 1.82) is 0 Å². The number of benzene rings is 1. The van der Waals surface area contributed by atoms with Crippen molar-refractivity contribution in [1.82, 2.24) is 0 Å². The van der Waals surface area contributed by atoms with Gasteiger partial charge >= 0.3 is 0 Å². The number of nitrogens with two attached hydrogens (primary N) is 1. The Morgan fingerprint density at radius 1 is 1.25 bits per heavy atom. The molecule has 0 amide bonds. The van der Waals surface area contributed by atoms with Crippen LogP contribution in [0.4, 0.5) is 0 Å². The van der Waals surface area contributed by atoms with Crippen LogP contribution in [0, 0.1) is 0 Å². The van der Waals surface area contributed by atoms with Gasteiger partial charge in [0, 0.05) is 6.04 Å². The number of rotatable bonds is 3. The molecule has 1 saturated carbocycles. The lowest BCUT2D eigenvalue weighted by Gasteiger charge is -2.23. The summed E-state index contributed by atoms with van der Waals surface area (Å²) in [5, 5.41) is 0. The Kier molecular flexibility index (Phi) is 3.83. The van der Waals surface area contributed by atoms with Crippen LogP contribution >= 0.6 is 0 Å². The van der Waals surface area contributed by atoms with Gasteiger partial charge < -0.3 is 10.5 Å². The summed E-state index contributed by atoms with van der Waals surface area (Å²) in [5.41, 5.74) is 7.01. The first-order valence-electron chi connectivity index (χ1n) is 6.28. The highest BCUT2D eigenvalue weighted by Crippen LogP contribution is 2.24.